The van der Waals surface area contributed by atoms with Crippen molar-refractivity contribution in [2.24, 2.45) is 0 Å². The predicted molar refractivity (Wildman–Crippen MR) is 168 cm³/mol. The number of hydrogen-bond donors (Lipinski definition) is 0. The molecule has 0 amide bonds. The van der Waals surface area contributed by atoms with Crippen LogP contribution in [-0.2, 0) is 0 Å². The first kappa shape index (κ1) is 22.9. The van der Waals surface area contributed by atoms with Gasteiger partial charge in [0.2, 0.25) is 0 Å². The minimum absolute atomic E-state index is 1.34. The molecule has 7 rings (SSSR count). The molecule has 37 heavy (non-hydrogen) atoms. The highest BCUT2D eigenvalue weighted by molar-refractivity contribution is 8.56. The second-order valence-corrected chi connectivity index (χ2v) is 20.9. The standard InChI is InChI=1S/C34H26P3/c1-5-17-28(18-6-1)36(29-19-7-2-8-20-29)32-25-13-15-27-16-14-26-33(34(27)32)37(35-36,30-21-9-3-10-22-30)31-23-11-4-12-24-31/h1-26H/q+1. The minimum Gasteiger partial charge on any atom is -0.0622 e. The van der Waals surface area contributed by atoms with Crippen LogP contribution in [0, 0.1) is 0 Å². The highest BCUT2D eigenvalue weighted by Gasteiger charge is 2.53. The molecule has 0 atom stereocenters. The Kier molecular flexibility index (Phi) is 5.72. The molecule has 0 aromatic heterocycles. The molecule has 3 heteroatoms. The molecule has 0 bridgehead atoms. The molecule has 0 saturated heterocycles. The van der Waals surface area contributed by atoms with E-state index in [9.17, 15) is 0 Å². The monoisotopic (exact) mass is 527 g/mol. The first-order valence-electron chi connectivity index (χ1n) is 12.6. The fraction of sp³-hybridized carbons (Fsp3) is 0. The maximum absolute atomic E-state index is 2.43. The highest BCUT2D eigenvalue weighted by Crippen LogP contribution is 2.79. The third-order valence-electron chi connectivity index (χ3n) is 7.35. The lowest BCUT2D eigenvalue weighted by Gasteiger charge is -2.36. The Morgan fingerprint density at radius 3 is 1.41 bits per heavy atom. The van der Waals surface area contributed by atoms with Crippen molar-refractivity contribution >= 4 is 63.7 Å². The molecule has 0 unspecified atom stereocenters. The van der Waals surface area contributed by atoms with Gasteiger partial charge in [-0.05, 0) is 46.3 Å². The largest absolute Gasteiger partial charge is 0.161 e. The third kappa shape index (κ3) is 3.45. The Balaban J connectivity index is 1.79. The lowest BCUT2D eigenvalue weighted by atomic mass is 10.1. The van der Waals surface area contributed by atoms with Crippen LogP contribution >= 0.6 is 21.1 Å². The van der Waals surface area contributed by atoms with E-state index in [-0.39, 0.29) is 0 Å². The Labute approximate surface area is 220 Å². The van der Waals surface area contributed by atoms with Gasteiger partial charge >= 0.3 is 0 Å². The molecule has 0 spiro atoms. The smallest absolute Gasteiger partial charge is 0.0622 e. The molecule has 0 aliphatic carbocycles. The maximum Gasteiger partial charge on any atom is 0.161 e. The van der Waals surface area contributed by atoms with Gasteiger partial charge in [0.25, 0.3) is 0 Å². The predicted octanol–water partition coefficient (Wildman–Crippen LogP) is 7.22. The van der Waals surface area contributed by atoms with Gasteiger partial charge in [0.05, 0.1) is 0 Å². The molecule has 0 saturated carbocycles. The third-order valence-corrected chi connectivity index (χ3v) is 24.7. The van der Waals surface area contributed by atoms with Crippen LogP contribution in [0.4, 0.5) is 0 Å². The van der Waals surface area contributed by atoms with Gasteiger partial charge in [-0.25, -0.2) is 0 Å². The van der Waals surface area contributed by atoms with E-state index in [1.165, 1.54) is 50.2 Å². The summed E-state index contributed by atoms with van der Waals surface area (Å²) in [5, 5.41) is 11.7. The second-order valence-electron chi connectivity index (χ2n) is 9.35. The number of rotatable bonds is 4. The van der Waals surface area contributed by atoms with E-state index in [1.54, 1.807) is 0 Å². The minimum atomic E-state index is -2.03. The SMILES string of the molecule is c1ccc(P2(c3ccccc3)=P[P+](c3ccccc3)(c3ccccc3)c3cccc4cccc2c34)cc1. The summed E-state index contributed by atoms with van der Waals surface area (Å²) in [5.41, 5.74) is 0. The van der Waals surface area contributed by atoms with Crippen molar-refractivity contribution in [2.45, 2.75) is 0 Å². The van der Waals surface area contributed by atoms with Crippen LogP contribution in [0.15, 0.2) is 158 Å². The van der Waals surface area contributed by atoms with E-state index in [2.05, 4.69) is 158 Å². The molecule has 0 N–H and O–H groups in total. The lowest BCUT2D eigenvalue weighted by Crippen LogP contribution is -2.35. The molecule has 176 valence electrons. The summed E-state index contributed by atoms with van der Waals surface area (Å²) in [7, 11) is 1.51. The van der Waals surface area contributed by atoms with Crippen LogP contribution in [0.1, 0.15) is 0 Å². The van der Waals surface area contributed by atoms with Gasteiger partial charge in [0.1, 0.15) is 23.5 Å². The van der Waals surface area contributed by atoms with Gasteiger partial charge in [0.15, 0.2) is 6.95 Å². The average molecular weight is 528 g/mol. The van der Waals surface area contributed by atoms with Gasteiger partial charge in [-0.1, -0.05) is 127 Å². The summed E-state index contributed by atoms with van der Waals surface area (Å²) in [6.45, 7) is -4.07. The molecule has 0 fully saturated rings. The van der Waals surface area contributed by atoms with Gasteiger partial charge in [0, 0.05) is 17.2 Å². The molecule has 1 aliphatic rings. The zero-order chi connectivity index (χ0) is 24.7. The Hall–Kier alpha value is -3.26. The molecular weight excluding hydrogens is 501 g/mol. The molecule has 6 aromatic rings. The Morgan fingerprint density at radius 1 is 0.432 bits per heavy atom. The fourth-order valence-corrected chi connectivity index (χ4v) is 27.4. The zero-order valence-electron chi connectivity index (χ0n) is 20.4. The van der Waals surface area contributed by atoms with E-state index in [1.807, 2.05) is 0 Å². The molecule has 1 aliphatic heterocycles. The van der Waals surface area contributed by atoms with Gasteiger partial charge in [-0.2, -0.15) is 0 Å². The van der Waals surface area contributed by atoms with Crippen molar-refractivity contribution in [2.75, 3.05) is 0 Å². The first-order valence-corrected chi connectivity index (χ1v) is 18.5. The van der Waals surface area contributed by atoms with Crippen molar-refractivity contribution in [3.8, 4) is 0 Å². The summed E-state index contributed by atoms with van der Waals surface area (Å²) in [5.74, 6) is 0. The van der Waals surface area contributed by atoms with Crippen molar-refractivity contribution in [1.29, 1.82) is 0 Å². The summed E-state index contributed by atoms with van der Waals surface area (Å²) < 4.78 is 0. The molecule has 1 heterocycles. The summed E-state index contributed by atoms with van der Waals surface area (Å²) in [4.78, 5) is 0. The highest BCUT2D eigenvalue weighted by atomic mass is 32.3. The van der Waals surface area contributed by atoms with Crippen molar-refractivity contribution < 1.29 is 0 Å². The van der Waals surface area contributed by atoms with Crippen molar-refractivity contribution in [1.82, 2.24) is 0 Å². The second kappa shape index (κ2) is 9.24. The van der Waals surface area contributed by atoms with Crippen LogP contribution < -0.4 is 31.8 Å². The normalized spacial score (nSPS) is 15.6. The van der Waals surface area contributed by atoms with Crippen molar-refractivity contribution in [3.05, 3.63) is 158 Å². The summed E-state index contributed by atoms with van der Waals surface area (Å²) >= 11 is 0. The molecule has 0 nitrogen and oxygen atoms in total. The van der Waals surface area contributed by atoms with Crippen LogP contribution in [0.3, 0.4) is 0 Å². The van der Waals surface area contributed by atoms with Crippen LogP contribution in [0.25, 0.3) is 10.8 Å². The zero-order valence-corrected chi connectivity index (χ0v) is 23.0. The molecule has 0 radical (unpaired) electrons. The van der Waals surface area contributed by atoms with Crippen LogP contribution in [0.2, 0.25) is 0 Å². The fourth-order valence-electron chi connectivity index (χ4n) is 5.77. The summed E-state index contributed by atoms with van der Waals surface area (Å²) in [6.07, 6.45) is 0. The van der Waals surface area contributed by atoms with E-state index in [0.717, 1.165) is 0 Å². The van der Waals surface area contributed by atoms with Crippen molar-refractivity contribution in [3.63, 3.8) is 0 Å². The summed E-state index contributed by atoms with van der Waals surface area (Å²) in [6, 6.07) is 59.4. The van der Waals surface area contributed by atoms with Crippen LogP contribution in [0.5, 0.6) is 0 Å². The van der Waals surface area contributed by atoms with E-state index >= 15 is 0 Å². The average Bonchev–Trinajstić information content (AvgIpc) is 3.00. The van der Waals surface area contributed by atoms with Crippen LogP contribution in [-0.4, -0.2) is 0 Å². The Morgan fingerprint density at radius 2 is 0.892 bits per heavy atom. The first-order chi connectivity index (χ1) is 18.3. The van der Waals surface area contributed by atoms with E-state index in [0.29, 0.717) is 0 Å². The Bertz CT molecular complexity index is 1670. The van der Waals surface area contributed by atoms with Gasteiger partial charge in [-0.15, -0.1) is 0 Å². The van der Waals surface area contributed by atoms with Gasteiger partial charge in [-0.3, -0.25) is 0 Å². The van der Waals surface area contributed by atoms with E-state index in [4.69, 9.17) is 0 Å². The van der Waals surface area contributed by atoms with E-state index < -0.39 is 13.5 Å². The number of hydrogen-bond acceptors (Lipinski definition) is 0. The molecule has 6 aromatic carbocycles. The number of benzene rings is 6. The topological polar surface area (TPSA) is 0 Å². The lowest BCUT2D eigenvalue weighted by molar-refractivity contribution is 1.74. The quantitative estimate of drug-likeness (QED) is 0.213. The van der Waals surface area contributed by atoms with Gasteiger partial charge < -0.3 is 0 Å². The maximum atomic E-state index is 2.43. The molecular formula is C34H26P3+.